The van der Waals surface area contributed by atoms with Crippen LogP contribution in [0.25, 0.3) is 0 Å². The van der Waals surface area contributed by atoms with Gasteiger partial charge < -0.3 is 9.31 Å². The van der Waals surface area contributed by atoms with Crippen molar-refractivity contribution in [2.45, 2.75) is 17.4 Å². The first-order valence-corrected chi connectivity index (χ1v) is 10.7. The summed E-state index contributed by atoms with van der Waals surface area (Å²) in [6.45, 7) is 0.561. The van der Waals surface area contributed by atoms with Gasteiger partial charge in [-0.25, -0.2) is 0 Å². The second-order valence-corrected chi connectivity index (χ2v) is 7.89. The van der Waals surface area contributed by atoms with Gasteiger partial charge in [0, 0.05) is 6.61 Å². The van der Waals surface area contributed by atoms with Crippen molar-refractivity contribution in [3.05, 3.63) is 144 Å². The highest BCUT2D eigenvalue weighted by molar-refractivity contribution is 6.18. The monoisotopic (exact) mass is 403 g/mol. The summed E-state index contributed by atoms with van der Waals surface area (Å²) in [5, 5.41) is 0. The lowest BCUT2D eigenvalue weighted by Crippen LogP contribution is -2.52. The van der Waals surface area contributed by atoms with E-state index in [-0.39, 0.29) is 0 Å². The number of hydrogen-bond acceptors (Lipinski definition) is 2. The van der Waals surface area contributed by atoms with Gasteiger partial charge >= 0.3 is 7.69 Å². The summed E-state index contributed by atoms with van der Waals surface area (Å²) in [5.74, 6) is 0. The van der Waals surface area contributed by atoms with Crippen LogP contribution in [0.2, 0.25) is 0 Å². The minimum Gasteiger partial charge on any atom is -0.413 e. The van der Waals surface area contributed by atoms with Crippen LogP contribution in [0.4, 0.5) is 0 Å². The minimum atomic E-state index is -0.811. The average molecular weight is 403 g/mol. The van der Waals surface area contributed by atoms with Crippen LogP contribution in [0.1, 0.15) is 28.7 Å². The van der Waals surface area contributed by atoms with Crippen LogP contribution in [-0.2, 0) is 20.3 Å². The molecule has 1 aliphatic rings. The molecular formula is C28H24BO2. The molecule has 0 N–H and O–H groups in total. The normalized spacial score (nSPS) is 17.3. The van der Waals surface area contributed by atoms with Crippen LogP contribution in [0.5, 0.6) is 0 Å². The molecule has 0 bridgehead atoms. The van der Waals surface area contributed by atoms with Crippen molar-refractivity contribution in [2.24, 2.45) is 0 Å². The van der Waals surface area contributed by atoms with E-state index in [9.17, 15) is 0 Å². The van der Waals surface area contributed by atoms with Crippen LogP contribution in [0.15, 0.2) is 121 Å². The van der Waals surface area contributed by atoms with E-state index in [2.05, 4.69) is 109 Å². The zero-order valence-electron chi connectivity index (χ0n) is 17.4. The van der Waals surface area contributed by atoms with Crippen molar-refractivity contribution in [3.8, 4) is 0 Å². The van der Waals surface area contributed by atoms with Gasteiger partial charge in [-0.3, -0.25) is 0 Å². The molecular weight excluding hydrogens is 379 g/mol. The van der Waals surface area contributed by atoms with Gasteiger partial charge in [0.05, 0.1) is 5.41 Å². The van der Waals surface area contributed by atoms with Crippen LogP contribution < -0.4 is 0 Å². The van der Waals surface area contributed by atoms with E-state index in [0.717, 1.165) is 17.5 Å². The third kappa shape index (κ3) is 3.22. The molecule has 5 rings (SSSR count). The summed E-state index contributed by atoms with van der Waals surface area (Å²) in [4.78, 5) is 0. The first-order valence-electron chi connectivity index (χ1n) is 10.7. The molecule has 4 aromatic carbocycles. The third-order valence-electron chi connectivity index (χ3n) is 6.38. The molecule has 1 aliphatic heterocycles. The second kappa shape index (κ2) is 8.54. The van der Waals surface area contributed by atoms with Crippen molar-refractivity contribution in [1.82, 2.24) is 0 Å². The van der Waals surface area contributed by atoms with E-state index in [4.69, 9.17) is 9.31 Å². The second-order valence-electron chi connectivity index (χ2n) is 7.89. The Kier molecular flexibility index (Phi) is 5.46. The lowest BCUT2D eigenvalue weighted by molar-refractivity contribution is 0.0408. The fourth-order valence-corrected chi connectivity index (χ4v) is 5.09. The molecule has 3 heteroatoms. The highest BCUT2D eigenvalue weighted by Gasteiger charge is 2.57. The molecule has 151 valence electrons. The molecule has 0 saturated carbocycles. The highest BCUT2D eigenvalue weighted by atomic mass is 16.6. The molecule has 1 fully saturated rings. The molecule has 0 aliphatic carbocycles. The Hall–Kier alpha value is -3.14. The zero-order valence-corrected chi connectivity index (χ0v) is 17.4. The molecule has 1 saturated heterocycles. The summed E-state index contributed by atoms with van der Waals surface area (Å²) >= 11 is 0. The van der Waals surface area contributed by atoms with Gasteiger partial charge in [0.2, 0.25) is 0 Å². The van der Waals surface area contributed by atoms with Crippen molar-refractivity contribution in [3.63, 3.8) is 0 Å². The molecule has 1 radical (unpaired) electrons. The summed E-state index contributed by atoms with van der Waals surface area (Å²) in [6, 6.07) is 42.5. The topological polar surface area (TPSA) is 18.5 Å². The summed E-state index contributed by atoms with van der Waals surface area (Å²) in [5.41, 5.74) is 3.27. The van der Waals surface area contributed by atoms with Gasteiger partial charge in [-0.1, -0.05) is 121 Å². The van der Waals surface area contributed by atoms with Crippen LogP contribution in [0, 0.1) is 0 Å². The predicted octanol–water partition coefficient (Wildman–Crippen LogP) is 5.89. The molecule has 0 atom stereocenters. The molecule has 0 unspecified atom stereocenters. The minimum absolute atomic E-state index is 0.509. The fourth-order valence-electron chi connectivity index (χ4n) is 5.09. The van der Waals surface area contributed by atoms with Crippen molar-refractivity contribution >= 4 is 7.69 Å². The third-order valence-corrected chi connectivity index (χ3v) is 6.38. The first-order chi connectivity index (χ1) is 15.4. The maximum Gasteiger partial charge on any atom is 0.488 e. The lowest BCUT2D eigenvalue weighted by Gasteiger charge is -2.51. The standard InChI is InChI=1S/C28H24BO2/c1-5-13-23(14-6-1)27(24-15-7-2-8-16-24)21-22-30-29-31-28(27,25-17-9-3-10-18-25)26-19-11-4-12-20-26/h1-20H,21-22H2. The predicted molar refractivity (Wildman–Crippen MR) is 125 cm³/mol. The Morgan fingerprint density at radius 3 is 1.32 bits per heavy atom. The van der Waals surface area contributed by atoms with Crippen LogP contribution in [-0.4, -0.2) is 14.3 Å². The number of benzene rings is 4. The molecule has 4 aromatic rings. The largest absolute Gasteiger partial charge is 0.488 e. The molecule has 0 spiro atoms. The van der Waals surface area contributed by atoms with Gasteiger partial charge in [0.25, 0.3) is 0 Å². The maximum atomic E-state index is 6.74. The average Bonchev–Trinajstić information content (AvgIpc) is 3.08. The molecule has 0 amide bonds. The van der Waals surface area contributed by atoms with Crippen molar-refractivity contribution in [2.75, 3.05) is 6.61 Å². The Balaban J connectivity index is 1.94. The zero-order chi connectivity index (χ0) is 21.0. The highest BCUT2D eigenvalue weighted by Crippen LogP contribution is 2.56. The summed E-state index contributed by atoms with van der Waals surface area (Å²) < 4.78 is 12.6. The van der Waals surface area contributed by atoms with E-state index in [1.165, 1.54) is 18.8 Å². The van der Waals surface area contributed by atoms with Crippen LogP contribution >= 0.6 is 0 Å². The van der Waals surface area contributed by atoms with Gasteiger partial charge in [-0.05, 0) is 28.7 Å². The van der Waals surface area contributed by atoms with E-state index < -0.39 is 11.0 Å². The number of rotatable bonds is 4. The van der Waals surface area contributed by atoms with Gasteiger partial charge in [0.1, 0.15) is 5.60 Å². The van der Waals surface area contributed by atoms with Gasteiger partial charge in [-0.15, -0.1) is 0 Å². The summed E-state index contributed by atoms with van der Waals surface area (Å²) in [6.07, 6.45) is 0.765. The smallest absolute Gasteiger partial charge is 0.413 e. The Bertz CT molecular complexity index is 929. The molecule has 1 heterocycles. The Morgan fingerprint density at radius 2 is 0.903 bits per heavy atom. The molecule has 0 aromatic heterocycles. The summed E-state index contributed by atoms with van der Waals surface area (Å²) in [7, 11) is 1.54. The van der Waals surface area contributed by atoms with E-state index in [1.54, 1.807) is 0 Å². The van der Waals surface area contributed by atoms with Crippen molar-refractivity contribution < 1.29 is 9.31 Å². The van der Waals surface area contributed by atoms with E-state index >= 15 is 0 Å². The van der Waals surface area contributed by atoms with E-state index in [1.807, 2.05) is 12.1 Å². The van der Waals surface area contributed by atoms with Crippen LogP contribution in [0.3, 0.4) is 0 Å². The van der Waals surface area contributed by atoms with E-state index in [0.29, 0.717) is 6.61 Å². The van der Waals surface area contributed by atoms with Gasteiger partial charge in [0.15, 0.2) is 0 Å². The quantitative estimate of drug-likeness (QED) is 0.396. The Morgan fingerprint density at radius 1 is 0.516 bits per heavy atom. The first kappa shape index (κ1) is 19.8. The number of hydrogen-bond donors (Lipinski definition) is 0. The lowest BCUT2D eigenvalue weighted by atomic mass is 9.56. The fraction of sp³-hybridized carbons (Fsp3) is 0.143. The SMILES string of the molecule is [B]1OCCC(c2ccccc2)(c2ccccc2)C(c2ccccc2)(c2ccccc2)O1. The maximum absolute atomic E-state index is 6.74. The van der Waals surface area contributed by atoms with Gasteiger partial charge in [-0.2, -0.15) is 0 Å². The van der Waals surface area contributed by atoms with Crippen molar-refractivity contribution in [1.29, 1.82) is 0 Å². The molecule has 2 nitrogen and oxygen atoms in total. The Labute approximate surface area is 184 Å². The molecule has 31 heavy (non-hydrogen) atoms.